The summed E-state index contributed by atoms with van der Waals surface area (Å²) in [5.41, 5.74) is 4.68. The maximum absolute atomic E-state index is 3.88. The molecule has 0 saturated heterocycles. The molecular formula is C18H27NS. The molecule has 2 aliphatic rings. The number of nitrogens with one attached hydrogen (secondary N) is 1. The molecule has 3 unspecified atom stereocenters. The third kappa shape index (κ3) is 3.07. The minimum absolute atomic E-state index is 0.486. The zero-order chi connectivity index (χ0) is 13.9. The predicted molar refractivity (Wildman–Crippen MR) is 89.6 cm³/mol. The van der Waals surface area contributed by atoms with Crippen molar-refractivity contribution in [1.82, 2.24) is 5.32 Å². The summed E-state index contributed by atoms with van der Waals surface area (Å²) in [5, 5.41) is 4.70. The molecule has 110 valence electrons. The van der Waals surface area contributed by atoms with Crippen molar-refractivity contribution in [2.75, 3.05) is 6.26 Å². The summed E-state index contributed by atoms with van der Waals surface area (Å²) in [7, 11) is 0. The van der Waals surface area contributed by atoms with Gasteiger partial charge in [-0.15, -0.1) is 0 Å². The molecule has 0 bridgehead atoms. The van der Waals surface area contributed by atoms with Crippen molar-refractivity contribution in [3.8, 4) is 0 Å². The SMILES string of the molecule is CSC1CCCC1NC(C)c1ccc2c(c1)CCCC2. The Morgan fingerprint density at radius 2 is 1.90 bits per heavy atom. The van der Waals surface area contributed by atoms with Crippen LogP contribution in [0.4, 0.5) is 0 Å². The Labute approximate surface area is 127 Å². The summed E-state index contributed by atoms with van der Waals surface area (Å²) in [6.07, 6.45) is 11.7. The first-order valence-electron chi connectivity index (χ1n) is 8.18. The van der Waals surface area contributed by atoms with Crippen LogP contribution in [-0.2, 0) is 12.8 Å². The molecule has 0 spiro atoms. The first kappa shape index (κ1) is 14.5. The van der Waals surface area contributed by atoms with E-state index in [-0.39, 0.29) is 0 Å². The highest BCUT2D eigenvalue weighted by molar-refractivity contribution is 7.99. The van der Waals surface area contributed by atoms with E-state index in [1.807, 2.05) is 11.8 Å². The van der Waals surface area contributed by atoms with Gasteiger partial charge in [0.1, 0.15) is 0 Å². The molecule has 0 aromatic heterocycles. The second-order valence-electron chi connectivity index (χ2n) is 6.44. The number of hydrogen-bond acceptors (Lipinski definition) is 2. The van der Waals surface area contributed by atoms with Gasteiger partial charge in [-0.2, -0.15) is 11.8 Å². The number of thioether (sulfide) groups is 1. The normalized spacial score (nSPS) is 27.3. The highest BCUT2D eigenvalue weighted by atomic mass is 32.2. The highest BCUT2D eigenvalue weighted by Gasteiger charge is 2.27. The summed E-state index contributed by atoms with van der Waals surface area (Å²) in [6, 6.07) is 8.39. The molecule has 1 saturated carbocycles. The maximum atomic E-state index is 3.88. The molecule has 1 aromatic carbocycles. The molecule has 0 amide bonds. The third-order valence-electron chi connectivity index (χ3n) is 5.09. The van der Waals surface area contributed by atoms with Crippen LogP contribution in [0.25, 0.3) is 0 Å². The van der Waals surface area contributed by atoms with Gasteiger partial charge in [0, 0.05) is 17.3 Å². The fourth-order valence-electron chi connectivity index (χ4n) is 3.84. The summed E-state index contributed by atoms with van der Waals surface area (Å²) in [6.45, 7) is 2.33. The molecule has 3 rings (SSSR count). The molecule has 20 heavy (non-hydrogen) atoms. The zero-order valence-electron chi connectivity index (χ0n) is 12.8. The quantitative estimate of drug-likeness (QED) is 0.876. The number of hydrogen-bond donors (Lipinski definition) is 1. The number of benzene rings is 1. The van der Waals surface area contributed by atoms with E-state index in [2.05, 4.69) is 36.7 Å². The second kappa shape index (κ2) is 6.53. The lowest BCUT2D eigenvalue weighted by Gasteiger charge is -2.25. The Morgan fingerprint density at radius 3 is 2.70 bits per heavy atom. The topological polar surface area (TPSA) is 12.0 Å². The lowest BCUT2D eigenvalue weighted by molar-refractivity contribution is 0.467. The summed E-state index contributed by atoms with van der Waals surface area (Å²) >= 11 is 2.04. The molecule has 1 fully saturated rings. The van der Waals surface area contributed by atoms with E-state index in [4.69, 9.17) is 0 Å². The summed E-state index contributed by atoms with van der Waals surface area (Å²) < 4.78 is 0. The molecule has 0 heterocycles. The first-order valence-corrected chi connectivity index (χ1v) is 9.47. The van der Waals surface area contributed by atoms with Gasteiger partial charge in [0.15, 0.2) is 0 Å². The van der Waals surface area contributed by atoms with Gasteiger partial charge in [-0.25, -0.2) is 0 Å². The number of rotatable bonds is 4. The monoisotopic (exact) mass is 289 g/mol. The average Bonchev–Trinajstić information content (AvgIpc) is 2.94. The van der Waals surface area contributed by atoms with Crippen LogP contribution in [0.5, 0.6) is 0 Å². The van der Waals surface area contributed by atoms with E-state index in [0.29, 0.717) is 12.1 Å². The van der Waals surface area contributed by atoms with Crippen LogP contribution >= 0.6 is 11.8 Å². The van der Waals surface area contributed by atoms with Crippen LogP contribution in [-0.4, -0.2) is 17.5 Å². The smallest absolute Gasteiger partial charge is 0.0294 e. The van der Waals surface area contributed by atoms with Gasteiger partial charge in [-0.3, -0.25) is 0 Å². The van der Waals surface area contributed by atoms with Gasteiger partial charge >= 0.3 is 0 Å². The second-order valence-corrected chi connectivity index (χ2v) is 7.51. The Balaban J connectivity index is 1.69. The molecule has 0 aliphatic heterocycles. The Kier molecular flexibility index (Phi) is 4.72. The van der Waals surface area contributed by atoms with Crippen LogP contribution in [0.1, 0.15) is 61.8 Å². The van der Waals surface area contributed by atoms with Crippen molar-refractivity contribution < 1.29 is 0 Å². The van der Waals surface area contributed by atoms with Gasteiger partial charge in [0.25, 0.3) is 0 Å². The standard InChI is InChI=1S/C18H27NS/c1-13(19-17-8-5-9-18(17)20-2)15-11-10-14-6-3-4-7-16(14)12-15/h10-13,17-19H,3-9H2,1-2H3. The van der Waals surface area contributed by atoms with E-state index < -0.39 is 0 Å². The van der Waals surface area contributed by atoms with E-state index in [0.717, 1.165) is 5.25 Å². The Bertz CT molecular complexity index is 457. The predicted octanol–water partition coefficient (Wildman–Crippen LogP) is 4.50. The average molecular weight is 289 g/mol. The van der Waals surface area contributed by atoms with Gasteiger partial charge < -0.3 is 5.32 Å². The number of aryl methyl sites for hydroxylation is 2. The van der Waals surface area contributed by atoms with Crippen molar-refractivity contribution in [1.29, 1.82) is 0 Å². The van der Waals surface area contributed by atoms with Crippen molar-refractivity contribution in [3.63, 3.8) is 0 Å². The summed E-state index contributed by atoms with van der Waals surface area (Å²) in [5.74, 6) is 0. The van der Waals surface area contributed by atoms with Gasteiger partial charge in [-0.1, -0.05) is 24.6 Å². The minimum Gasteiger partial charge on any atom is -0.306 e. The van der Waals surface area contributed by atoms with Crippen molar-refractivity contribution in [2.45, 2.75) is 69.2 Å². The van der Waals surface area contributed by atoms with Crippen molar-refractivity contribution >= 4 is 11.8 Å². The van der Waals surface area contributed by atoms with E-state index in [1.54, 1.807) is 11.1 Å². The van der Waals surface area contributed by atoms with E-state index in [9.17, 15) is 0 Å². The molecule has 2 aliphatic carbocycles. The van der Waals surface area contributed by atoms with E-state index in [1.165, 1.54) is 50.5 Å². The largest absolute Gasteiger partial charge is 0.306 e. The van der Waals surface area contributed by atoms with Crippen molar-refractivity contribution in [2.24, 2.45) is 0 Å². The van der Waals surface area contributed by atoms with Crippen LogP contribution in [0.2, 0.25) is 0 Å². The molecule has 1 nitrogen and oxygen atoms in total. The van der Waals surface area contributed by atoms with Gasteiger partial charge in [0.2, 0.25) is 0 Å². The first-order chi connectivity index (χ1) is 9.78. The highest BCUT2D eigenvalue weighted by Crippen LogP contribution is 2.31. The minimum atomic E-state index is 0.486. The van der Waals surface area contributed by atoms with Gasteiger partial charge in [-0.05, 0) is 68.4 Å². The number of fused-ring (bicyclic) bond motifs is 1. The lowest BCUT2D eigenvalue weighted by atomic mass is 9.89. The molecular weight excluding hydrogens is 262 g/mol. The van der Waals surface area contributed by atoms with E-state index >= 15 is 0 Å². The van der Waals surface area contributed by atoms with Gasteiger partial charge in [0.05, 0.1) is 0 Å². The third-order valence-corrected chi connectivity index (χ3v) is 6.26. The Morgan fingerprint density at radius 1 is 1.10 bits per heavy atom. The maximum Gasteiger partial charge on any atom is 0.0294 e. The Hall–Kier alpha value is -0.470. The van der Waals surface area contributed by atoms with Crippen LogP contribution in [0.15, 0.2) is 18.2 Å². The fourth-order valence-corrected chi connectivity index (χ4v) is 4.78. The zero-order valence-corrected chi connectivity index (χ0v) is 13.6. The fraction of sp³-hybridized carbons (Fsp3) is 0.667. The summed E-state index contributed by atoms with van der Waals surface area (Å²) in [4.78, 5) is 0. The molecule has 0 radical (unpaired) electrons. The van der Waals surface area contributed by atoms with Crippen LogP contribution in [0.3, 0.4) is 0 Å². The molecule has 1 N–H and O–H groups in total. The van der Waals surface area contributed by atoms with Crippen LogP contribution in [0, 0.1) is 0 Å². The molecule has 1 aromatic rings. The molecule has 2 heteroatoms. The molecule has 3 atom stereocenters. The van der Waals surface area contributed by atoms with Crippen molar-refractivity contribution in [3.05, 3.63) is 34.9 Å². The van der Waals surface area contributed by atoms with Crippen LogP contribution < -0.4 is 5.32 Å². The lowest BCUT2D eigenvalue weighted by Crippen LogP contribution is -2.35.